The van der Waals surface area contributed by atoms with Crippen molar-refractivity contribution in [3.05, 3.63) is 35.7 Å². The Morgan fingerprint density at radius 1 is 1.09 bits per heavy atom. The number of morpholine rings is 1. The van der Waals surface area contributed by atoms with Crippen LogP contribution >= 0.6 is 0 Å². The summed E-state index contributed by atoms with van der Waals surface area (Å²) in [5.74, 6) is 1.69. The fourth-order valence-electron chi connectivity index (χ4n) is 5.22. The van der Waals surface area contributed by atoms with Crippen molar-refractivity contribution in [2.75, 3.05) is 72.2 Å². The molecule has 35 heavy (non-hydrogen) atoms. The summed E-state index contributed by atoms with van der Waals surface area (Å²) in [4.78, 5) is 24.1. The number of nitrogens with one attached hydrogen (secondary N) is 1. The normalized spacial score (nSPS) is 22.9. The first-order valence-electron chi connectivity index (χ1n) is 12.7. The van der Waals surface area contributed by atoms with E-state index >= 15 is 0 Å². The summed E-state index contributed by atoms with van der Waals surface area (Å²) < 4.78 is 16.7. The number of aryl methyl sites for hydroxylation is 1. The maximum Gasteiger partial charge on any atom is 0.317 e. The molecule has 3 aliphatic heterocycles. The number of urea groups is 1. The lowest BCUT2D eigenvalue weighted by Crippen LogP contribution is -2.56. The maximum absolute atomic E-state index is 12.9. The summed E-state index contributed by atoms with van der Waals surface area (Å²) in [6.07, 6.45) is 1.05. The summed E-state index contributed by atoms with van der Waals surface area (Å²) in [7, 11) is 0. The lowest BCUT2D eigenvalue weighted by molar-refractivity contribution is 0.00173. The van der Waals surface area contributed by atoms with E-state index in [1.54, 1.807) is 0 Å². The van der Waals surface area contributed by atoms with Crippen molar-refractivity contribution in [2.45, 2.75) is 25.9 Å². The van der Waals surface area contributed by atoms with E-state index in [2.05, 4.69) is 25.3 Å². The SMILES string of the molecule is Cc1ccccc1-c1noc(CN2CCN(C(=O)NCC(C3CCOC3)N3CCOCC3)CC2)n1. The summed E-state index contributed by atoms with van der Waals surface area (Å²) in [5, 5.41) is 7.37. The van der Waals surface area contributed by atoms with Gasteiger partial charge in [-0.2, -0.15) is 4.98 Å². The Kier molecular flexibility index (Phi) is 7.92. The highest BCUT2D eigenvalue weighted by Crippen LogP contribution is 2.22. The molecule has 0 spiro atoms. The highest BCUT2D eigenvalue weighted by molar-refractivity contribution is 5.74. The molecule has 4 heterocycles. The minimum atomic E-state index is 0.0152. The summed E-state index contributed by atoms with van der Waals surface area (Å²) >= 11 is 0. The van der Waals surface area contributed by atoms with Crippen LogP contribution in [0.3, 0.4) is 0 Å². The number of amides is 2. The largest absolute Gasteiger partial charge is 0.381 e. The molecular weight excluding hydrogens is 448 g/mol. The molecule has 3 aliphatic rings. The number of hydrogen-bond acceptors (Lipinski definition) is 8. The van der Waals surface area contributed by atoms with E-state index in [1.807, 2.05) is 36.1 Å². The number of nitrogens with zero attached hydrogens (tertiary/aromatic N) is 5. The first-order chi connectivity index (χ1) is 17.2. The molecule has 2 amide bonds. The number of benzene rings is 1. The Labute approximate surface area is 206 Å². The van der Waals surface area contributed by atoms with Crippen LogP contribution in [0.4, 0.5) is 4.79 Å². The van der Waals surface area contributed by atoms with Crippen molar-refractivity contribution in [2.24, 2.45) is 5.92 Å². The highest BCUT2D eigenvalue weighted by atomic mass is 16.5. The van der Waals surface area contributed by atoms with Gasteiger partial charge in [-0.3, -0.25) is 9.80 Å². The van der Waals surface area contributed by atoms with Crippen molar-refractivity contribution < 1.29 is 18.8 Å². The second-order valence-electron chi connectivity index (χ2n) is 9.62. The predicted octanol–water partition coefficient (Wildman–Crippen LogP) is 1.61. The molecule has 1 aromatic carbocycles. The number of rotatable bonds is 7. The highest BCUT2D eigenvalue weighted by Gasteiger charge is 2.32. The molecule has 0 radical (unpaired) electrons. The third-order valence-electron chi connectivity index (χ3n) is 7.36. The summed E-state index contributed by atoms with van der Waals surface area (Å²) in [6, 6.07) is 8.34. The van der Waals surface area contributed by atoms with Crippen LogP contribution in [0.15, 0.2) is 28.8 Å². The van der Waals surface area contributed by atoms with Gasteiger partial charge in [0.25, 0.3) is 0 Å². The topological polar surface area (TPSA) is 96.2 Å². The Hall–Kier alpha value is -2.53. The van der Waals surface area contributed by atoms with Gasteiger partial charge >= 0.3 is 6.03 Å². The molecule has 190 valence electrons. The van der Waals surface area contributed by atoms with Gasteiger partial charge in [0, 0.05) is 69.9 Å². The molecule has 1 aromatic heterocycles. The van der Waals surface area contributed by atoms with Gasteiger partial charge in [-0.25, -0.2) is 4.79 Å². The molecule has 2 aromatic rings. The molecule has 3 fully saturated rings. The van der Waals surface area contributed by atoms with Crippen LogP contribution in [0.1, 0.15) is 17.9 Å². The minimum absolute atomic E-state index is 0.0152. The number of carbonyl (C=O) groups excluding carboxylic acids is 1. The average Bonchev–Trinajstić information content (AvgIpc) is 3.58. The fourth-order valence-corrected chi connectivity index (χ4v) is 5.22. The average molecular weight is 485 g/mol. The van der Waals surface area contributed by atoms with E-state index in [0.717, 1.165) is 70.2 Å². The Balaban J connectivity index is 1.09. The first kappa shape index (κ1) is 24.2. The van der Waals surface area contributed by atoms with Gasteiger partial charge in [0.2, 0.25) is 11.7 Å². The molecule has 1 N–H and O–H groups in total. The monoisotopic (exact) mass is 484 g/mol. The van der Waals surface area contributed by atoms with Crippen molar-refractivity contribution in [1.29, 1.82) is 0 Å². The second-order valence-corrected chi connectivity index (χ2v) is 9.62. The zero-order valence-corrected chi connectivity index (χ0v) is 20.5. The molecule has 0 aliphatic carbocycles. The molecule has 2 atom stereocenters. The zero-order valence-electron chi connectivity index (χ0n) is 20.5. The van der Waals surface area contributed by atoms with Gasteiger partial charge < -0.3 is 24.2 Å². The molecule has 10 nitrogen and oxygen atoms in total. The molecule has 5 rings (SSSR count). The Morgan fingerprint density at radius 2 is 1.89 bits per heavy atom. The van der Waals surface area contributed by atoms with Crippen LogP contribution in [0.2, 0.25) is 0 Å². The third-order valence-corrected chi connectivity index (χ3v) is 7.36. The van der Waals surface area contributed by atoms with Gasteiger partial charge in [-0.1, -0.05) is 29.4 Å². The van der Waals surface area contributed by atoms with Crippen molar-refractivity contribution >= 4 is 6.03 Å². The number of piperazine rings is 1. The zero-order chi connectivity index (χ0) is 24.0. The number of hydrogen-bond donors (Lipinski definition) is 1. The Bertz CT molecular complexity index is 964. The van der Waals surface area contributed by atoms with E-state index < -0.39 is 0 Å². The van der Waals surface area contributed by atoms with Crippen LogP contribution < -0.4 is 5.32 Å². The third kappa shape index (κ3) is 6.00. The first-order valence-corrected chi connectivity index (χ1v) is 12.7. The van der Waals surface area contributed by atoms with Gasteiger partial charge in [-0.05, 0) is 18.9 Å². The molecule has 0 saturated carbocycles. The van der Waals surface area contributed by atoms with Crippen molar-refractivity contribution in [3.63, 3.8) is 0 Å². The lowest BCUT2D eigenvalue weighted by atomic mass is 9.97. The van der Waals surface area contributed by atoms with Crippen LogP contribution in [0.5, 0.6) is 0 Å². The maximum atomic E-state index is 12.9. The fraction of sp³-hybridized carbons (Fsp3) is 0.640. The van der Waals surface area contributed by atoms with Gasteiger partial charge in [0.05, 0.1) is 26.4 Å². The van der Waals surface area contributed by atoms with Crippen LogP contribution in [-0.2, 0) is 16.0 Å². The second kappa shape index (κ2) is 11.5. The van der Waals surface area contributed by atoms with E-state index in [-0.39, 0.29) is 6.03 Å². The molecule has 0 bridgehead atoms. The van der Waals surface area contributed by atoms with E-state index in [1.165, 1.54) is 0 Å². The van der Waals surface area contributed by atoms with Crippen LogP contribution in [0.25, 0.3) is 11.4 Å². The predicted molar refractivity (Wildman–Crippen MR) is 130 cm³/mol. The minimum Gasteiger partial charge on any atom is -0.381 e. The van der Waals surface area contributed by atoms with E-state index in [9.17, 15) is 4.79 Å². The van der Waals surface area contributed by atoms with Gasteiger partial charge in [-0.15, -0.1) is 0 Å². The summed E-state index contributed by atoms with van der Waals surface area (Å²) in [6.45, 7) is 11.1. The Morgan fingerprint density at radius 3 is 2.63 bits per heavy atom. The van der Waals surface area contributed by atoms with E-state index in [0.29, 0.717) is 49.9 Å². The molecule has 3 saturated heterocycles. The lowest BCUT2D eigenvalue weighted by Gasteiger charge is -2.38. The molecule has 2 unspecified atom stereocenters. The van der Waals surface area contributed by atoms with E-state index in [4.69, 9.17) is 14.0 Å². The van der Waals surface area contributed by atoms with Crippen molar-refractivity contribution in [3.8, 4) is 11.4 Å². The number of carbonyl (C=O) groups is 1. The number of aromatic nitrogens is 2. The van der Waals surface area contributed by atoms with Crippen LogP contribution in [0, 0.1) is 12.8 Å². The molecule has 10 heteroatoms. The smallest absolute Gasteiger partial charge is 0.317 e. The standard InChI is InChI=1S/C25H36N6O4/c1-19-4-2-3-5-21(19)24-27-23(35-28-24)17-29-7-9-31(10-8-29)25(32)26-16-22(20-6-13-34-18-20)30-11-14-33-15-12-30/h2-5,20,22H,6-18H2,1H3,(H,26,32). The van der Waals surface area contributed by atoms with Gasteiger partial charge in [0.1, 0.15) is 0 Å². The molecular formula is C25H36N6O4. The quantitative estimate of drug-likeness (QED) is 0.633. The number of ether oxygens (including phenoxy) is 2. The van der Waals surface area contributed by atoms with Crippen LogP contribution in [-0.4, -0.2) is 109 Å². The van der Waals surface area contributed by atoms with Crippen molar-refractivity contribution in [1.82, 2.24) is 30.2 Å². The van der Waals surface area contributed by atoms with Gasteiger partial charge in [0.15, 0.2) is 0 Å². The summed E-state index contributed by atoms with van der Waals surface area (Å²) in [5.41, 5.74) is 2.11.